The lowest BCUT2D eigenvalue weighted by atomic mass is 9.99. The van der Waals surface area contributed by atoms with E-state index in [0.717, 1.165) is 45.3 Å². The minimum Gasteiger partial charge on any atom is -0.493 e. The second-order valence-corrected chi connectivity index (χ2v) is 5.67. The molecule has 0 bridgehead atoms. The number of aromatic hydroxyl groups is 1. The second-order valence-electron chi connectivity index (χ2n) is 5.67. The molecule has 1 aromatic rings. The van der Waals surface area contributed by atoms with Gasteiger partial charge < -0.3 is 14.8 Å². The Kier molecular flexibility index (Phi) is 3.55. The average molecular weight is 264 g/mol. The highest BCUT2D eigenvalue weighted by Crippen LogP contribution is 2.35. The molecule has 3 rings (SSSR count). The zero-order valence-corrected chi connectivity index (χ0v) is 11.0. The van der Waals surface area contributed by atoms with Crippen LogP contribution in [0.4, 0.5) is 0 Å². The van der Waals surface area contributed by atoms with E-state index in [4.69, 9.17) is 4.74 Å². The van der Waals surface area contributed by atoms with E-state index in [0.29, 0.717) is 23.7 Å². The van der Waals surface area contributed by atoms with Crippen molar-refractivity contribution in [2.45, 2.75) is 44.4 Å². The fraction of sp³-hybridized carbons (Fsp3) is 0.714. The molecule has 2 fully saturated rings. The molecule has 1 atom stereocenters. The van der Waals surface area contributed by atoms with Gasteiger partial charge in [-0.15, -0.1) is 0 Å². The van der Waals surface area contributed by atoms with E-state index in [1.165, 1.54) is 0 Å². The molecule has 5 heteroatoms. The Hall–Kier alpha value is -1.36. The first kappa shape index (κ1) is 12.7. The molecule has 2 N–H and O–H groups in total. The Morgan fingerprint density at radius 1 is 1.32 bits per heavy atom. The van der Waals surface area contributed by atoms with Crippen molar-refractivity contribution >= 4 is 0 Å². The largest absolute Gasteiger partial charge is 0.493 e. The molecule has 0 radical (unpaired) electrons. The van der Waals surface area contributed by atoms with Crippen molar-refractivity contribution in [1.82, 2.24) is 9.97 Å². The number of aromatic nitrogens is 2. The molecule has 1 aliphatic carbocycles. The molecule has 0 spiro atoms. The van der Waals surface area contributed by atoms with Gasteiger partial charge in [0.15, 0.2) is 0 Å². The number of nitrogens with zero attached hydrogens (tertiary/aromatic N) is 1. The standard InChI is InChI=1S/C14H20N2O3/c17-13-12(10-3-1-2-4-10)14(18)16-11(15-13)7-9-5-6-19-8-9/h9-10H,1-8H2,(H2,15,16,17,18). The van der Waals surface area contributed by atoms with Gasteiger partial charge in [0.2, 0.25) is 5.88 Å². The van der Waals surface area contributed by atoms with E-state index in [1.54, 1.807) is 0 Å². The highest BCUT2D eigenvalue weighted by Gasteiger charge is 2.25. The van der Waals surface area contributed by atoms with Crippen LogP contribution in [0.5, 0.6) is 5.88 Å². The first-order valence-corrected chi connectivity index (χ1v) is 7.14. The minimum absolute atomic E-state index is 0.0652. The molecule has 0 aromatic carbocycles. The summed E-state index contributed by atoms with van der Waals surface area (Å²) in [4.78, 5) is 19.2. The molecule has 0 amide bonds. The van der Waals surface area contributed by atoms with Crippen molar-refractivity contribution in [2.24, 2.45) is 5.92 Å². The summed E-state index contributed by atoms with van der Waals surface area (Å²) < 4.78 is 5.31. The molecule has 5 nitrogen and oxygen atoms in total. The number of H-pyrrole nitrogens is 1. The van der Waals surface area contributed by atoms with E-state index >= 15 is 0 Å². The topological polar surface area (TPSA) is 75.2 Å². The lowest BCUT2D eigenvalue weighted by Crippen LogP contribution is -2.20. The van der Waals surface area contributed by atoms with Crippen molar-refractivity contribution in [3.8, 4) is 5.88 Å². The molecule has 2 aliphatic rings. The van der Waals surface area contributed by atoms with Crippen molar-refractivity contribution in [1.29, 1.82) is 0 Å². The summed E-state index contributed by atoms with van der Waals surface area (Å²) in [6, 6.07) is 0. The van der Waals surface area contributed by atoms with Gasteiger partial charge in [-0.05, 0) is 31.1 Å². The normalized spacial score (nSPS) is 24.1. The Morgan fingerprint density at radius 3 is 2.74 bits per heavy atom. The number of hydrogen-bond donors (Lipinski definition) is 2. The highest BCUT2D eigenvalue weighted by molar-refractivity contribution is 5.27. The van der Waals surface area contributed by atoms with Gasteiger partial charge in [-0.1, -0.05) is 12.8 Å². The summed E-state index contributed by atoms with van der Waals surface area (Å²) in [5.74, 6) is 1.10. The lowest BCUT2D eigenvalue weighted by Gasteiger charge is -2.12. The van der Waals surface area contributed by atoms with E-state index in [1.807, 2.05) is 0 Å². The summed E-state index contributed by atoms with van der Waals surface area (Å²) in [6.45, 7) is 1.50. The SMILES string of the molecule is O=c1[nH]c(CC2CCOC2)nc(O)c1C1CCCC1. The third kappa shape index (κ3) is 2.66. The molecule has 1 unspecified atom stereocenters. The predicted molar refractivity (Wildman–Crippen MR) is 70.4 cm³/mol. The maximum absolute atomic E-state index is 12.1. The molecule has 2 heterocycles. The Morgan fingerprint density at radius 2 is 2.11 bits per heavy atom. The van der Waals surface area contributed by atoms with Crippen LogP contribution in [-0.2, 0) is 11.2 Å². The van der Waals surface area contributed by atoms with Gasteiger partial charge in [-0.3, -0.25) is 4.79 Å². The zero-order valence-electron chi connectivity index (χ0n) is 11.0. The maximum Gasteiger partial charge on any atom is 0.258 e. The number of ether oxygens (including phenoxy) is 1. The Labute approximate surface area is 112 Å². The van der Waals surface area contributed by atoms with Crippen molar-refractivity contribution in [3.05, 3.63) is 21.7 Å². The van der Waals surface area contributed by atoms with Gasteiger partial charge in [0.05, 0.1) is 5.56 Å². The molecule has 1 saturated carbocycles. The third-order valence-corrected chi connectivity index (χ3v) is 4.25. The Balaban J connectivity index is 1.82. The zero-order chi connectivity index (χ0) is 13.2. The average Bonchev–Trinajstić information content (AvgIpc) is 3.01. The summed E-state index contributed by atoms with van der Waals surface area (Å²) in [5, 5.41) is 10.0. The van der Waals surface area contributed by atoms with Gasteiger partial charge >= 0.3 is 0 Å². The van der Waals surface area contributed by atoms with Crippen LogP contribution in [0.15, 0.2) is 4.79 Å². The quantitative estimate of drug-likeness (QED) is 0.871. The van der Waals surface area contributed by atoms with Crippen LogP contribution in [0.25, 0.3) is 0 Å². The third-order valence-electron chi connectivity index (χ3n) is 4.25. The molecular weight excluding hydrogens is 244 g/mol. The van der Waals surface area contributed by atoms with Crippen molar-refractivity contribution in [3.63, 3.8) is 0 Å². The Bertz CT molecular complexity index is 500. The van der Waals surface area contributed by atoms with Gasteiger partial charge in [0.25, 0.3) is 5.56 Å². The van der Waals surface area contributed by atoms with Gasteiger partial charge in [0, 0.05) is 19.6 Å². The summed E-state index contributed by atoms with van der Waals surface area (Å²) in [7, 11) is 0. The molecule has 104 valence electrons. The van der Waals surface area contributed by atoms with Crippen LogP contribution in [-0.4, -0.2) is 28.3 Å². The van der Waals surface area contributed by atoms with Crippen LogP contribution >= 0.6 is 0 Å². The molecule has 1 saturated heterocycles. The predicted octanol–water partition coefficient (Wildman–Crippen LogP) is 1.71. The monoisotopic (exact) mass is 264 g/mol. The van der Waals surface area contributed by atoms with Gasteiger partial charge in [0.1, 0.15) is 5.82 Å². The number of nitrogens with one attached hydrogen (secondary N) is 1. The molecular formula is C14H20N2O3. The van der Waals surface area contributed by atoms with Crippen LogP contribution in [0, 0.1) is 5.92 Å². The smallest absolute Gasteiger partial charge is 0.258 e. The molecule has 1 aromatic heterocycles. The lowest BCUT2D eigenvalue weighted by molar-refractivity contribution is 0.185. The van der Waals surface area contributed by atoms with Crippen LogP contribution < -0.4 is 5.56 Å². The van der Waals surface area contributed by atoms with Gasteiger partial charge in [-0.25, -0.2) is 4.98 Å². The molecule has 1 aliphatic heterocycles. The number of aromatic amines is 1. The summed E-state index contributed by atoms with van der Waals surface area (Å²) in [5.41, 5.74) is 0.331. The second kappa shape index (κ2) is 5.33. The van der Waals surface area contributed by atoms with E-state index in [-0.39, 0.29) is 17.4 Å². The summed E-state index contributed by atoms with van der Waals surface area (Å²) >= 11 is 0. The molecule has 19 heavy (non-hydrogen) atoms. The fourth-order valence-electron chi connectivity index (χ4n) is 3.21. The number of rotatable bonds is 3. The van der Waals surface area contributed by atoms with Gasteiger partial charge in [-0.2, -0.15) is 0 Å². The van der Waals surface area contributed by atoms with Crippen LogP contribution in [0.2, 0.25) is 0 Å². The van der Waals surface area contributed by atoms with E-state index in [2.05, 4.69) is 9.97 Å². The van der Waals surface area contributed by atoms with Crippen molar-refractivity contribution < 1.29 is 9.84 Å². The first-order valence-electron chi connectivity index (χ1n) is 7.14. The highest BCUT2D eigenvalue weighted by atomic mass is 16.5. The minimum atomic E-state index is -0.159. The van der Waals surface area contributed by atoms with Crippen LogP contribution in [0.3, 0.4) is 0 Å². The van der Waals surface area contributed by atoms with Crippen LogP contribution in [0.1, 0.15) is 49.4 Å². The van der Waals surface area contributed by atoms with E-state index in [9.17, 15) is 9.90 Å². The first-order chi connectivity index (χ1) is 9.24. The number of hydrogen-bond acceptors (Lipinski definition) is 4. The van der Waals surface area contributed by atoms with E-state index < -0.39 is 0 Å². The van der Waals surface area contributed by atoms with Crippen molar-refractivity contribution in [2.75, 3.05) is 13.2 Å². The summed E-state index contributed by atoms with van der Waals surface area (Å²) in [6.07, 6.45) is 5.89. The maximum atomic E-state index is 12.1. The fourth-order valence-corrected chi connectivity index (χ4v) is 3.21.